The number of sulfonamides is 1. The predicted octanol–water partition coefficient (Wildman–Crippen LogP) is 0.663. The van der Waals surface area contributed by atoms with Gasteiger partial charge in [0.1, 0.15) is 0 Å². The van der Waals surface area contributed by atoms with Crippen LogP contribution >= 0.6 is 0 Å². The first-order chi connectivity index (χ1) is 10.1. The van der Waals surface area contributed by atoms with Crippen LogP contribution in [0.5, 0.6) is 0 Å². The third-order valence-electron chi connectivity index (χ3n) is 4.51. The van der Waals surface area contributed by atoms with Gasteiger partial charge in [0.05, 0.1) is 4.90 Å². The average molecular weight is 309 g/mol. The van der Waals surface area contributed by atoms with Gasteiger partial charge in [0, 0.05) is 45.3 Å². The lowest BCUT2D eigenvalue weighted by Gasteiger charge is -2.32. The molecule has 0 bridgehead atoms. The van der Waals surface area contributed by atoms with Crippen molar-refractivity contribution in [2.75, 3.05) is 39.3 Å². The lowest BCUT2D eigenvalue weighted by molar-refractivity contribution is 0.179. The van der Waals surface area contributed by atoms with Crippen LogP contribution < -0.4 is 5.32 Å². The lowest BCUT2D eigenvalue weighted by Crippen LogP contribution is -2.49. The molecule has 1 unspecified atom stereocenters. The number of rotatable bonds is 3. The van der Waals surface area contributed by atoms with Crippen LogP contribution in [-0.2, 0) is 10.0 Å². The number of hydrogen-bond donors (Lipinski definition) is 1. The zero-order chi connectivity index (χ0) is 14.9. The Morgan fingerprint density at radius 2 is 1.86 bits per heavy atom. The number of benzene rings is 1. The summed E-state index contributed by atoms with van der Waals surface area (Å²) in [6.45, 7) is 7.15. The van der Waals surface area contributed by atoms with Crippen LogP contribution in [0.15, 0.2) is 29.2 Å². The molecular weight excluding hydrogens is 286 g/mol. The number of aryl methyl sites for hydroxylation is 1. The van der Waals surface area contributed by atoms with Gasteiger partial charge in [-0.1, -0.05) is 18.2 Å². The Morgan fingerprint density at radius 1 is 1.14 bits per heavy atom. The van der Waals surface area contributed by atoms with E-state index in [1.807, 2.05) is 19.1 Å². The first kappa shape index (κ1) is 15.0. The summed E-state index contributed by atoms with van der Waals surface area (Å²) in [4.78, 5) is 2.87. The van der Waals surface area contributed by atoms with E-state index < -0.39 is 10.0 Å². The predicted molar refractivity (Wildman–Crippen MR) is 82.8 cm³/mol. The largest absolute Gasteiger partial charge is 0.314 e. The number of hydrogen-bond acceptors (Lipinski definition) is 4. The molecule has 0 aliphatic carbocycles. The molecule has 1 atom stereocenters. The van der Waals surface area contributed by atoms with Crippen molar-refractivity contribution in [3.05, 3.63) is 29.8 Å². The van der Waals surface area contributed by atoms with E-state index in [0.717, 1.165) is 38.2 Å². The first-order valence-electron chi connectivity index (χ1n) is 7.59. The zero-order valence-electron chi connectivity index (χ0n) is 12.5. The van der Waals surface area contributed by atoms with E-state index in [4.69, 9.17) is 0 Å². The zero-order valence-corrected chi connectivity index (χ0v) is 13.3. The number of nitrogens with zero attached hydrogens (tertiary/aromatic N) is 2. The van der Waals surface area contributed by atoms with Crippen molar-refractivity contribution >= 4 is 10.0 Å². The number of piperazine rings is 1. The minimum Gasteiger partial charge on any atom is -0.314 e. The van der Waals surface area contributed by atoms with Crippen LogP contribution in [0.2, 0.25) is 0 Å². The molecule has 2 aliphatic heterocycles. The normalized spacial score (nSPS) is 25.3. The molecule has 3 rings (SSSR count). The molecular formula is C15H23N3O2S. The van der Waals surface area contributed by atoms with Gasteiger partial charge in [0.2, 0.25) is 10.0 Å². The summed E-state index contributed by atoms with van der Waals surface area (Å²) in [6.07, 6.45) is 0.936. The van der Waals surface area contributed by atoms with E-state index in [0.29, 0.717) is 24.0 Å². The van der Waals surface area contributed by atoms with Crippen LogP contribution in [-0.4, -0.2) is 62.9 Å². The minimum absolute atomic E-state index is 0.367. The second-order valence-electron chi connectivity index (χ2n) is 5.86. The molecule has 5 nitrogen and oxygen atoms in total. The summed E-state index contributed by atoms with van der Waals surface area (Å²) in [5, 5.41) is 3.34. The Labute approximate surface area is 127 Å². The fraction of sp³-hybridized carbons (Fsp3) is 0.600. The van der Waals surface area contributed by atoms with E-state index in [-0.39, 0.29) is 0 Å². The van der Waals surface area contributed by atoms with Crippen molar-refractivity contribution in [3.63, 3.8) is 0 Å². The third kappa shape index (κ3) is 2.99. The highest BCUT2D eigenvalue weighted by Gasteiger charge is 2.35. The highest BCUT2D eigenvalue weighted by Crippen LogP contribution is 2.25. The van der Waals surface area contributed by atoms with Crippen LogP contribution in [0.3, 0.4) is 0 Å². The summed E-state index contributed by atoms with van der Waals surface area (Å²) in [5.74, 6) is 0. The Kier molecular flexibility index (Phi) is 4.31. The summed E-state index contributed by atoms with van der Waals surface area (Å²) < 4.78 is 27.2. The molecule has 2 saturated heterocycles. The Balaban J connectivity index is 1.74. The van der Waals surface area contributed by atoms with Gasteiger partial charge in [-0.2, -0.15) is 4.31 Å². The molecule has 2 fully saturated rings. The molecule has 116 valence electrons. The van der Waals surface area contributed by atoms with E-state index in [9.17, 15) is 8.42 Å². The van der Waals surface area contributed by atoms with Gasteiger partial charge in [-0.3, -0.25) is 4.90 Å². The summed E-state index contributed by atoms with van der Waals surface area (Å²) in [6, 6.07) is 7.61. The molecule has 1 N–H and O–H groups in total. The van der Waals surface area contributed by atoms with Gasteiger partial charge < -0.3 is 5.32 Å². The summed E-state index contributed by atoms with van der Waals surface area (Å²) >= 11 is 0. The lowest BCUT2D eigenvalue weighted by atomic mass is 10.2. The summed E-state index contributed by atoms with van der Waals surface area (Å²) in [5.41, 5.74) is 0.822. The first-order valence-corrected chi connectivity index (χ1v) is 9.03. The highest BCUT2D eigenvalue weighted by molar-refractivity contribution is 7.89. The minimum atomic E-state index is -3.35. The molecule has 6 heteroatoms. The van der Waals surface area contributed by atoms with Crippen LogP contribution in [0.1, 0.15) is 12.0 Å². The second kappa shape index (κ2) is 6.04. The second-order valence-corrected chi connectivity index (χ2v) is 7.76. The maximum Gasteiger partial charge on any atom is 0.243 e. The standard InChI is InChI=1S/C15H23N3O2S/c1-13-4-2-3-5-15(13)21(19,20)18-9-6-14(12-18)17-10-7-16-8-11-17/h2-5,14,16H,6-12H2,1H3. The molecule has 0 amide bonds. The van der Waals surface area contributed by atoms with Crippen molar-refractivity contribution in [2.45, 2.75) is 24.3 Å². The Bertz CT molecular complexity index is 597. The molecule has 1 aromatic rings. The van der Waals surface area contributed by atoms with Gasteiger partial charge in [0.25, 0.3) is 0 Å². The maximum absolute atomic E-state index is 12.8. The van der Waals surface area contributed by atoms with Gasteiger partial charge >= 0.3 is 0 Å². The monoisotopic (exact) mass is 309 g/mol. The molecule has 0 radical (unpaired) electrons. The van der Waals surface area contributed by atoms with E-state index >= 15 is 0 Å². The third-order valence-corrected chi connectivity index (χ3v) is 6.53. The molecule has 21 heavy (non-hydrogen) atoms. The van der Waals surface area contributed by atoms with Crippen molar-refractivity contribution < 1.29 is 8.42 Å². The van der Waals surface area contributed by atoms with Crippen LogP contribution in [0, 0.1) is 6.92 Å². The molecule has 1 aromatic carbocycles. The highest BCUT2D eigenvalue weighted by atomic mass is 32.2. The maximum atomic E-state index is 12.8. The molecule has 0 spiro atoms. The van der Waals surface area contributed by atoms with Gasteiger partial charge in [-0.05, 0) is 25.0 Å². The number of nitrogens with one attached hydrogen (secondary N) is 1. The van der Waals surface area contributed by atoms with Gasteiger partial charge in [-0.15, -0.1) is 0 Å². The van der Waals surface area contributed by atoms with E-state index in [1.165, 1.54) is 0 Å². The molecule has 0 saturated carbocycles. The Hall–Kier alpha value is -0.950. The fourth-order valence-electron chi connectivity index (χ4n) is 3.26. The van der Waals surface area contributed by atoms with Gasteiger partial charge in [-0.25, -0.2) is 8.42 Å². The molecule has 0 aromatic heterocycles. The topological polar surface area (TPSA) is 52.7 Å². The van der Waals surface area contributed by atoms with Crippen molar-refractivity contribution in [3.8, 4) is 0 Å². The van der Waals surface area contributed by atoms with Crippen LogP contribution in [0.25, 0.3) is 0 Å². The molecule has 2 aliphatic rings. The van der Waals surface area contributed by atoms with Crippen molar-refractivity contribution in [1.82, 2.24) is 14.5 Å². The molecule has 2 heterocycles. The Morgan fingerprint density at radius 3 is 2.57 bits per heavy atom. The van der Waals surface area contributed by atoms with Crippen LogP contribution in [0.4, 0.5) is 0 Å². The van der Waals surface area contributed by atoms with Crippen molar-refractivity contribution in [1.29, 1.82) is 0 Å². The van der Waals surface area contributed by atoms with E-state index in [1.54, 1.807) is 16.4 Å². The van der Waals surface area contributed by atoms with Gasteiger partial charge in [0.15, 0.2) is 0 Å². The summed E-state index contributed by atoms with van der Waals surface area (Å²) in [7, 11) is -3.35. The fourth-order valence-corrected chi connectivity index (χ4v) is 4.98. The smallest absolute Gasteiger partial charge is 0.243 e. The van der Waals surface area contributed by atoms with Crippen molar-refractivity contribution in [2.24, 2.45) is 0 Å². The SMILES string of the molecule is Cc1ccccc1S(=O)(=O)N1CCC(N2CCNCC2)C1. The van der Waals surface area contributed by atoms with E-state index in [2.05, 4.69) is 10.2 Å². The average Bonchev–Trinajstić information content (AvgIpc) is 2.99. The quantitative estimate of drug-likeness (QED) is 0.891.